The lowest BCUT2D eigenvalue weighted by Crippen LogP contribution is -2.11. The lowest BCUT2D eigenvalue weighted by atomic mass is 10.3. The van der Waals surface area contributed by atoms with Crippen LogP contribution in [0.1, 0.15) is 11.3 Å². The summed E-state index contributed by atoms with van der Waals surface area (Å²) in [4.78, 5) is 10.3. The lowest BCUT2D eigenvalue weighted by molar-refractivity contribution is -0.133. The molecule has 5 nitrogen and oxygen atoms in total. The fourth-order valence-corrected chi connectivity index (χ4v) is 2.55. The predicted octanol–water partition coefficient (Wildman–Crippen LogP) is 0.715. The molecule has 1 unspecified atom stereocenters. The minimum absolute atomic E-state index is 0.130. The van der Waals surface area contributed by atoms with Crippen molar-refractivity contribution in [3.63, 3.8) is 0 Å². The summed E-state index contributed by atoms with van der Waals surface area (Å²) in [7, 11) is 0.234. The zero-order valence-electron chi connectivity index (χ0n) is 8.36. The van der Waals surface area contributed by atoms with Gasteiger partial charge in [-0.05, 0) is 6.92 Å². The molecule has 0 bridgehead atoms. The molecule has 0 aliphatic carbocycles. The summed E-state index contributed by atoms with van der Waals surface area (Å²) in [6.45, 7) is 1.75. The van der Waals surface area contributed by atoms with E-state index in [9.17, 15) is 9.00 Å². The van der Waals surface area contributed by atoms with Gasteiger partial charge >= 0.3 is 5.97 Å². The predicted molar refractivity (Wildman–Crippen MR) is 57.3 cm³/mol. The van der Waals surface area contributed by atoms with E-state index in [2.05, 4.69) is 5.10 Å². The molecular formula is C8H11ClN2O3S. The Kier molecular flexibility index (Phi) is 3.87. The van der Waals surface area contributed by atoms with Crippen molar-refractivity contribution in [3.05, 3.63) is 16.4 Å². The summed E-state index contributed by atoms with van der Waals surface area (Å²) in [5.74, 6) is -1.32. The molecule has 1 N–H and O–H groups in total. The number of aryl methyl sites for hydroxylation is 2. The van der Waals surface area contributed by atoms with Crippen LogP contribution in [0, 0.1) is 6.92 Å². The second-order valence-electron chi connectivity index (χ2n) is 3.10. The van der Waals surface area contributed by atoms with Crippen molar-refractivity contribution in [2.45, 2.75) is 12.7 Å². The topological polar surface area (TPSA) is 72.2 Å². The van der Waals surface area contributed by atoms with Gasteiger partial charge in [-0.15, -0.1) is 0 Å². The third-order valence-electron chi connectivity index (χ3n) is 1.86. The maximum atomic E-state index is 11.4. The van der Waals surface area contributed by atoms with Crippen LogP contribution in [0.4, 0.5) is 0 Å². The largest absolute Gasteiger partial charge is 0.481 e. The van der Waals surface area contributed by atoms with Gasteiger partial charge in [0.05, 0.1) is 11.4 Å². The molecule has 0 aliphatic heterocycles. The highest BCUT2D eigenvalue weighted by atomic mass is 35.5. The summed E-state index contributed by atoms with van der Waals surface area (Å²) in [6.07, 6.45) is 0. The van der Waals surface area contributed by atoms with Crippen LogP contribution in [0.15, 0.2) is 0 Å². The van der Waals surface area contributed by atoms with Crippen LogP contribution in [0.2, 0.25) is 5.15 Å². The number of hydrogen-bond acceptors (Lipinski definition) is 3. The number of carbonyl (C=O) groups is 1. The van der Waals surface area contributed by atoms with Gasteiger partial charge < -0.3 is 5.11 Å². The van der Waals surface area contributed by atoms with E-state index in [1.165, 1.54) is 4.68 Å². The van der Waals surface area contributed by atoms with Gasteiger partial charge in [-0.2, -0.15) is 5.10 Å². The first-order valence-electron chi connectivity index (χ1n) is 4.16. The summed E-state index contributed by atoms with van der Waals surface area (Å²) >= 11 is 5.91. The first kappa shape index (κ1) is 12.2. The van der Waals surface area contributed by atoms with Crippen molar-refractivity contribution in [1.82, 2.24) is 9.78 Å². The highest BCUT2D eigenvalue weighted by Gasteiger charge is 2.15. The molecule has 7 heteroatoms. The van der Waals surface area contributed by atoms with E-state index in [0.29, 0.717) is 16.4 Å². The first-order valence-corrected chi connectivity index (χ1v) is 6.03. The fraction of sp³-hybridized carbons (Fsp3) is 0.500. The van der Waals surface area contributed by atoms with E-state index in [-0.39, 0.29) is 11.5 Å². The maximum absolute atomic E-state index is 11.4. The lowest BCUT2D eigenvalue weighted by Gasteiger charge is -1.99. The van der Waals surface area contributed by atoms with E-state index in [1.807, 2.05) is 0 Å². The van der Waals surface area contributed by atoms with E-state index in [4.69, 9.17) is 16.7 Å². The van der Waals surface area contributed by atoms with E-state index >= 15 is 0 Å². The Morgan fingerprint density at radius 1 is 1.67 bits per heavy atom. The van der Waals surface area contributed by atoms with Crippen molar-refractivity contribution in [2.24, 2.45) is 7.05 Å². The average molecular weight is 251 g/mol. The molecule has 0 aromatic carbocycles. The maximum Gasteiger partial charge on any atom is 0.316 e. The van der Waals surface area contributed by atoms with Crippen LogP contribution in [0.25, 0.3) is 0 Å². The highest BCUT2D eigenvalue weighted by molar-refractivity contribution is 7.84. The molecular weight excluding hydrogens is 240 g/mol. The Labute approximate surface area is 94.5 Å². The molecule has 0 spiro atoms. The molecule has 1 aromatic rings. The second-order valence-corrected chi connectivity index (χ2v) is 4.92. The molecule has 15 heavy (non-hydrogen) atoms. The molecule has 84 valence electrons. The number of hydrogen-bond donors (Lipinski definition) is 1. The molecule has 0 aliphatic rings. The van der Waals surface area contributed by atoms with Crippen LogP contribution in [-0.2, 0) is 28.4 Å². The number of nitrogens with zero attached hydrogens (tertiary/aromatic N) is 2. The van der Waals surface area contributed by atoms with Gasteiger partial charge in [-0.25, -0.2) is 0 Å². The van der Waals surface area contributed by atoms with Gasteiger partial charge in [0, 0.05) is 23.4 Å². The summed E-state index contributed by atoms with van der Waals surface area (Å²) in [5.41, 5.74) is 1.33. The number of carboxylic acids is 1. The molecule has 0 amide bonds. The molecule has 0 saturated carbocycles. The van der Waals surface area contributed by atoms with Gasteiger partial charge in [0.15, 0.2) is 0 Å². The Bertz CT molecular complexity index is 416. The third kappa shape index (κ3) is 3.04. The number of aliphatic carboxylic acids is 1. The minimum atomic E-state index is -1.45. The van der Waals surface area contributed by atoms with Gasteiger partial charge in [0.2, 0.25) is 0 Å². The third-order valence-corrected chi connectivity index (χ3v) is 3.51. The standard InChI is InChI=1S/C8H11ClN2O3S/c1-5-6(8(9)11(2)10-5)3-15(14)4-7(12)13/h3-4H2,1-2H3,(H,12,13). The van der Waals surface area contributed by atoms with Crippen molar-refractivity contribution < 1.29 is 14.1 Å². The Balaban J connectivity index is 2.80. The number of rotatable bonds is 4. The van der Waals surface area contributed by atoms with E-state index < -0.39 is 16.8 Å². The smallest absolute Gasteiger partial charge is 0.316 e. The van der Waals surface area contributed by atoms with Crippen molar-refractivity contribution in [2.75, 3.05) is 5.75 Å². The average Bonchev–Trinajstić information content (AvgIpc) is 2.31. The Hall–Kier alpha value is -0.880. The van der Waals surface area contributed by atoms with Gasteiger partial charge in [0.1, 0.15) is 10.9 Å². The molecule has 1 rings (SSSR count). The highest BCUT2D eigenvalue weighted by Crippen LogP contribution is 2.20. The molecule has 0 radical (unpaired) electrons. The molecule has 1 aromatic heterocycles. The summed E-state index contributed by atoms with van der Waals surface area (Å²) in [5, 5.41) is 12.9. The van der Waals surface area contributed by atoms with Gasteiger partial charge in [0.25, 0.3) is 0 Å². The van der Waals surface area contributed by atoms with Gasteiger partial charge in [-0.1, -0.05) is 11.6 Å². The van der Waals surface area contributed by atoms with Gasteiger partial charge in [-0.3, -0.25) is 13.7 Å². The van der Waals surface area contributed by atoms with E-state index in [1.54, 1.807) is 14.0 Å². The van der Waals surface area contributed by atoms with Crippen molar-refractivity contribution in [3.8, 4) is 0 Å². The van der Waals surface area contributed by atoms with Crippen LogP contribution < -0.4 is 0 Å². The summed E-state index contributed by atoms with van der Waals surface area (Å²) < 4.78 is 12.8. The SMILES string of the molecule is Cc1nn(C)c(Cl)c1CS(=O)CC(=O)O. The molecule has 1 atom stereocenters. The fourth-order valence-electron chi connectivity index (χ4n) is 1.19. The zero-order chi connectivity index (χ0) is 11.6. The monoisotopic (exact) mass is 250 g/mol. The second kappa shape index (κ2) is 4.76. The number of carboxylic acid groups (broad SMARTS) is 1. The molecule has 0 saturated heterocycles. The number of halogens is 1. The quantitative estimate of drug-likeness (QED) is 0.855. The van der Waals surface area contributed by atoms with Crippen LogP contribution in [0.5, 0.6) is 0 Å². The first-order chi connectivity index (χ1) is 6.91. The zero-order valence-corrected chi connectivity index (χ0v) is 9.93. The van der Waals surface area contributed by atoms with Crippen LogP contribution in [0.3, 0.4) is 0 Å². The summed E-state index contributed by atoms with van der Waals surface area (Å²) in [6, 6.07) is 0. The van der Waals surface area contributed by atoms with E-state index in [0.717, 1.165) is 0 Å². The molecule has 1 heterocycles. The van der Waals surface area contributed by atoms with Crippen LogP contribution >= 0.6 is 11.6 Å². The molecule has 0 fully saturated rings. The van der Waals surface area contributed by atoms with Crippen LogP contribution in [-0.4, -0.2) is 30.8 Å². The minimum Gasteiger partial charge on any atom is -0.481 e. The van der Waals surface area contributed by atoms with Crippen molar-refractivity contribution in [1.29, 1.82) is 0 Å². The Morgan fingerprint density at radius 3 is 2.67 bits per heavy atom. The Morgan fingerprint density at radius 2 is 2.27 bits per heavy atom. The normalized spacial score (nSPS) is 12.7. The number of aromatic nitrogens is 2. The van der Waals surface area contributed by atoms with Crippen molar-refractivity contribution >= 4 is 28.4 Å².